The van der Waals surface area contributed by atoms with E-state index in [1.807, 2.05) is 83.6 Å². The first-order valence-electron chi connectivity index (χ1n) is 15.9. The molecule has 9 aromatic rings. The minimum atomic E-state index is -1.23. The van der Waals surface area contributed by atoms with Crippen molar-refractivity contribution in [3.8, 4) is 28.3 Å². The first kappa shape index (κ1) is 32.3. The molecule has 0 unspecified atom stereocenters. The zero-order valence-corrected chi connectivity index (χ0v) is 30.6. The smallest absolute Gasteiger partial charge is 0.158 e. The van der Waals surface area contributed by atoms with Crippen LogP contribution >= 0.6 is 0 Å². The summed E-state index contributed by atoms with van der Waals surface area (Å²) >= 11 is 0. The van der Waals surface area contributed by atoms with E-state index in [4.69, 9.17) is 9.40 Å². The van der Waals surface area contributed by atoms with Crippen LogP contribution in [0.15, 0.2) is 138 Å². The minimum Gasteiger partial charge on any atom is -0.500 e. The second-order valence-electron chi connectivity index (χ2n) is 12.7. The standard InChI is InChI=1S/C27H15N4O.C14H16NSi.Ir/c1-2-8-18(9-3-1)31-26(30-23-15-28-16-29-27(23)31)22-12-6-11-20-21-14-13-17-7-4-5-10-19(17)24(21)32-25(20)22;1-16(2,3)13-9-10-14(15-11-13)12-7-5-4-6-8-12;/h1-11,13-16H;4-7,9-11H,1-3H3;/q2*-1;. The van der Waals surface area contributed by atoms with Crippen LogP contribution in [0.5, 0.6) is 0 Å². The first-order chi connectivity index (χ1) is 23.5. The average molecular weight is 830 g/mol. The van der Waals surface area contributed by atoms with Crippen LogP contribution in [-0.4, -0.2) is 32.6 Å². The zero-order valence-electron chi connectivity index (χ0n) is 27.2. The van der Waals surface area contributed by atoms with Crippen molar-refractivity contribution in [3.63, 3.8) is 0 Å². The van der Waals surface area contributed by atoms with Gasteiger partial charge in [-0.2, -0.15) is 0 Å². The molecule has 1 radical (unpaired) electrons. The summed E-state index contributed by atoms with van der Waals surface area (Å²) in [7, 11) is -1.23. The molecule has 9 rings (SSSR count). The largest absolute Gasteiger partial charge is 0.500 e. The number of hydrogen-bond acceptors (Lipinski definition) is 5. The number of fused-ring (bicyclic) bond motifs is 6. The molecule has 0 aliphatic heterocycles. The second kappa shape index (κ2) is 13.3. The molecular weight excluding hydrogens is 799 g/mol. The van der Waals surface area contributed by atoms with Gasteiger partial charge in [-0.1, -0.05) is 97.3 Å². The number of benzene rings is 5. The molecule has 0 N–H and O–H groups in total. The monoisotopic (exact) mass is 830 g/mol. The summed E-state index contributed by atoms with van der Waals surface area (Å²) in [5.74, 6) is 0.723. The van der Waals surface area contributed by atoms with Crippen molar-refractivity contribution in [1.29, 1.82) is 0 Å². The molecular formula is C41H31IrN5OSi-2. The Bertz CT molecular complexity index is 2540. The van der Waals surface area contributed by atoms with Gasteiger partial charge in [-0.25, -0.2) is 9.97 Å². The number of hydrogen-bond donors (Lipinski definition) is 0. The Labute approximate surface area is 298 Å². The van der Waals surface area contributed by atoms with Crippen LogP contribution in [0.25, 0.3) is 72.2 Å². The summed E-state index contributed by atoms with van der Waals surface area (Å²) in [5.41, 5.74) is 6.93. The van der Waals surface area contributed by atoms with Crippen molar-refractivity contribution in [2.75, 3.05) is 0 Å². The number of aromatic nitrogens is 5. The third kappa shape index (κ3) is 6.11. The van der Waals surface area contributed by atoms with Gasteiger partial charge in [0.1, 0.15) is 17.4 Å². The van der Waals surface area contributed by atoms with Gasteiger partial charge in [0.15, 0.2) is 5.65 Å². The van der Waals surface area contributed by atoms with E-state index in [0.29, 0.717) is 0 Å². The molecule has 0 bridgehead atoms. The Morgan fingerprint density at radius 3 is 2.24 bits per heavy atom. The van der Waals surface area contributed by atoms with Gasteiger partial charge in [0.25, 0.3) is 0 Å². The fourth-order valence-electron chi connectivity index (χ4n) is 6.01. The molecule has 241 valence electrons. The fraction of sp³-hybridized carbons (Fsp3) is 0.0732. The number of furan rings is 1. The number of nitrogens with zero attached hydrogens (tertiary/aromatic N) is 5. The second-order valence-corrected chi connectivity index (χ2v) is 17.7. The van der Waals surface area contributed by atoms with Crippen molar-refractivity contribution >= 4 is 57.1 Å². The summed E-state index contributed by atoms with van der Waals surface area (Å²) < 4.78 is 8.55. The van der Waals surface area contributed by atoms with Gasteiger partial charge in [0, 0.05) is 42.8 Å². The molecule has 49 heavy (non-hydrogen) atoms. The van der Waals surface area contributed by atoms with Gasteiger partial charge in [-0.05, 0) is 28.4 Å². The fourth-order valence-corrected chi connectivity index (χ4v) is 7.04. The van der Waals surface area contributed by atoms with E-state index in [1.165, 1.54) is 5.19 Å². The quantitative estimate of drug-likeness (QED) is 0.131. The Hall–Kier alpha value is -5.27. The molecule has 0 fully saturated rings. The molecule has 0 spiro atoms. The van der Waals surface area contributed by atoms with E-state index in [9.17, 15) is 0 Å². The van der Waals surface area contributed by atoms with Crippen LogP contribution in [-0.2, 0) is 20.1 Å². The van der Waals surface area contributed by atoms with E-state index in [-0.39, 0.29) is 20.1 Å². The summed E-state index contributed by atoms with van der Waals surface area (Å²) in [5, 5.41) is 5.76. The van der Waals surface area contributed by atoms with Crippen LogP contribution in [0.1, 0.15) is 0 Å². The van der Waals surface area contributed by atoms with E-state index in [2.05, 4.69) is 89.2 Å². The zero-order chi connectivity index (χ0) is 32.7. The SMILES string of the molecule is C[Si](C)(C)c1ccc(-c2[c-]cccc2)nc1.[Ir].[c-]1ccc2c(oc3c4ccccc4ccc23)c1-c1nc2cncnc2n1-c1ccccc1. The molecule has 8 heteroatoms. The summed E-state index contributed by atoms with van der Waals surface area (Å²) in [6.45, 7) is 7.00. The number of para-hydroxylation sites is 1. The van der Waals surface area contributed by atoms with Gasteiger partial charge >= 0.3 is 0 Å². The number of rotatable bonds is 4. The average Bonchev–Trinajstić information content (AvgIpc) is 3.72. The maximum Gasteiger partial charge on any atom is 0.158 e. The van der Waals surface area contributed by atoms with Crippen molar-refractivity contribution in [2.45, 2.75) is 19.6 Å². The van der Waals surface area contributed by atoms with Gasteiger partial charge in [-0.3, -0.25) is 4.98 Å². The minimum absolute atomic E-state index is 0. The van der Waals surface area contributed by atoms with E-state index in [0.717, 1.165) is 72.2 Å². The molecule has 0 atom stereocenters. The van der Waals surface area contributed by atoms with Crippen LogP contribution in [0.2, 0.25) is 19.6 Å². The third-order valence-corrected chi connectivity index (χ3v) is 10.5. The van der Waals surface area contributed by atoms with Gasteiger partial charge in [0.2, 0.25) is 0 Å². The molecule has 4 heterocycles. The van der Waals surface area contributed by atoms with Crippen molar-refractivity contribution in [2.24, 2.45) is 0 Å². The topological polar surface area (TPSA) is 69.6 Å². The van der Waals surface area contributed by atoms with Crippen molar-refractivity contribution < 1.29 is 24.5 Å². The third-order valence-electron chi connectivity index (χ3n) is 8.50. The van der Waals surface area contributed by atoms with Crippen molar-refractivity contribution in [1.82, 2.24) is 24.5 Å². The Balaban J connectivity index is 0.000000189. The van der Waals surface area contributed by atoms with Crippen LogP contribution < -0.4 is 5.19 Å². The normalized spacial score (nSPS) is 11.4. The van der Waals surface area contributed by atoms with Gasteiger partial charge in [-0.15, -0.1) is 54.1 Å². The van der Waals surface area contributed by atoms with Crippen LogP contribution in [0.4, 0.5) is 0 Å². The molecule has 0 aliphatic rings. The van der Waals surface area contributed by atoms with Crippen LogP contribution in [0.3, 0.4) is 0 Å². The predicted octanol–water partition coefficient (Wildman–Crippen LogP) is 9.43. The Kier molecular flexibility index (Phi) is 8.78. The molecule has 0 aliphatic carbocycles. The van der Waals surface area contributed by atoms with Gasteiger partial charge in [0.05, 0.1) is 25.7 Å². The molecule has 6 nitrogen and oxygen atoms in total. The first-order valence-corrected chi connectivity index (χ1v) is 19.4. The maximum atomic E-state index is 6.52. The summed E-state index contributed by atoms with van der Waals surface area (Å²) in [6.07, 6.45) is 5.30. The Morgan fingerprint density at radius 1 is 0.673 bits per heavy atom. The molecule has 4 aromatic heterocycles. The molecule has 0 saturated carbocycles. The maximum absolute atomic E-state index is 6.52. The van der Waals surface area contributed by atoms with E-state index in [1.54, 1.807) is 12.5 Å². The molecule has 0 amide bonds. The van der Waals surface area contributed by atoms with Crippen LogP contribution in [0, 0.1) is 12.1 Å². The summed E-state index contributed by atoms with van der Waals surface area (Å²) in [6, 6.07) is 45.4. The number of imidazole rings is 1. The Morgan fingerprint density at radius 2 is 1.47 bits per heavy atom. The van der Waals surface area contributed by atoms with E-state index >= 15 is 0 Å². The van der Waals surface area contributed by atoms with Gasteiger partial charge < -0.3 is 14.0 Å². The molecule has 5 aromatic carbocycles. The summed E-state index contributed by atoms with van der Waals surface area (Å²) in [4.78, 5) is 18.1. The van der Waals surface area contributed by atoms with Crippen molar-refractivity contribution in [3.05, 3.63) is 146 Å². The molecule has 0 saturated heterocycles. The number of pyridine rings is 1. The predicted molar refractivity (Wildman–Crippen MR) is 197 cm³/mol. The van der Waals surface area contributed by atoms with E-state index < -0.39 is 8.07 Å².